The smallest absolute Gasteiger partial charge is 0.182 e. The van der Waals surface area contributed by atoms with Crippen LogP contribution in [-0.2, 0) is 6.42 Å². The van der Waals surface area contributed by atoms with Crippen molar-refractivity contribution in [2.24, 2.45) is 5.92 Å². The average Bonchev–Trinajstić information content (AvgIpc) is 2.45. The van der Waals surface area contributed by atoms with Crippen LogP contribution in [0.15, 0.2) is 6.07 Å². The van der Waals surface area contributed by atoms with Gasteiger partial charge < -0.3 is 14.8 Å². The van der Waals surface area contributed by atoms with Gasteiger partial charge in [-0.25, -0.2) is 4.39 Å². The van der Waals surface area contributed by atoms with E-state index in [0.717, 1.165) is 25.9 Å². The third kappa shape index (κ3) is 3.12. The van der Waals surface area contributed by atoms with Crippen molar-refractivity contribution >= 4 is 11.6 Å². The molecule has 1 saturated heterocycles. The highest BCUT2D eigenvalue weighted by Crippen LogP contribution is 2.39. The summed E-state index contributed by atoms with van der Waals surface area (Å²) in [7, 11) is 2.98. The SMILES string of the molecule is COc1cc(CC2CCCNC2)c(F)c(Cl)c1OC. The lowest BCUT2D eigenvalue weighted by Gasteiger charge is -2.23. The summed E-state index contributed by atoms with van der Waals surface area (Å²) >= 11 is 6.00. The zero-order valence-corrected chi connectivity index (χ0v) is 12.0. The van der Waals surface area contributed by atoms with Gasteiger partial charge >= 0.3 is 0 Å². The molecule has 0 radical (unpaired) electrons. The molecular formula is C14H19ClFNO2. The maximum Gasteiger partial charge on any atom is 0.182 e. The molecule has 1 fully saturated rings. The van der Waals surface area contributed by atoms with Crippen molar-refractivity contribution in [2.75, 3.05) is 27.3 Å². The van der Waals surface area contributed by atoms with Crippen LogP contribution in [0.4, 0.5) is 4.39 Å². The van der Waals surface area contributed by atoms with E-state index in [9.17, 15) is 4.39 Å². The van der Waals surface area contributed by atoms with Gasteiger partial charge in [0.1, 0.15) is 10.8 Å². The topological polar surface area (TPSA) is 30.5 Å². The van der Waals surface area contributed by atoms with Crippen LogP contribution in [0.3, 0.4) is 0 Å². The molecule has 1 atom stereocenters. The third-order valence-corrected chi connectivity index (χ3v) is 3.87. The Labute approximate surface area is 118 Å². The molecule has 1 aromatic rings. The molecule has 19 heavy (non-hydrogen) atoms. The van der Waals surface area contributed by atoms with E-state index < -0.39 is 5.82 Å². The van der Waals surface area contributed by atoms with Gasteiger partial charge in [-0.05, 0) is 49.9 Å². The summed E-state index contributed by atoms with van der Waals surface area (Å²) in [6, 6.07) is 1.69. The van der Waals surface area contributed by atoms with Crippen molar-refractivity contribution in [1.82, 2.24) is 5.32 Å². The van der Waals surface area contributed by atoms with Gasteiger partial charge in [0.15, 0.2) is 11.5 Å². The van der Waals surface area contributed by atoms with Crippen LogP contribution in [-0.4, -0.2) is 27.3 Å². The first-order valence-electron chi connectivity index (χ1n) is 6.47. The van der Waals surface area contributed by atoms with Gasteiger partial charge in [-0.15, -0.1) is 0 Å². The van der Waals surface area contributed by atoms with Crippen molar-refractivity contribution in [3.8, 4) is 11.5 Å². The zero-order valence-electron chi connectivity index (χ0n) is 11.3. The molecule has 0 amide bonds. The predicted molar refractivity (Wildman–Crippen MR) is 73.8 cm³/mol. The number of ether oxygens (including phenoxy) is 2. The Bertz CT molecular complexity index is 448. The Hall–Kier alpha value is -1.00. The number of methoxy groups -OCH3 is 2. The summed E-state index contributed by atoms with van der Waals surface area (Å²) in [5.41, 5.74) is 0.594. The average molecular weight is 288 g/mol. The number of rotatable bonds is 4. The Morgan fingerprint density at radius 3 is 2.79 bits per heavy atom. The van der Waals surface area contributed by atoms with Crippen LogP contribution >= 0.6 is 11.6 Å². The number of hydrogen-bond donors (Lipinski definition) is 1. The van der Waals surface area contributed by atoms with Crippen LogP contribution in [0.2, 0.25) is 5.02 Å². The molecule has 1 aromatic carbocycles. The van der Waals surface area contributed by atoms with Gasteiger partial charge in [-0.3, -0.25) is 0 Å². The Balaban J connectivity index is 2.26. The van der Waals surface area contributed by atoms with Gasteiger partial charge in [0.05, 0.1) is 14.2 Å². The highest BCUT2D eigenvalue weighted by atomic mass is 35.5. The van der Waals surface area contributed by atoms with Gasteiger partial charge in [0.25, 0.3) is 0 Å². The maximum absolute atomic E-state index is 14.2. The summed E-state index contributed by atoms with van der Waals surface area (Å²) in [6.45, 7) is 1.97. The number of piperidine rings is 1. The Morgan fingerprint density at radius 1 is 1.42 bits per heavy atom. The van der Waals surface area contributed by atoms with Crippen molar-refractivity contribution in [3.63, 3.8) is 0 Å². The van der Waals surface area contributed by atoms with Crippen molar-refractivity contribution in [1.29, 1.82) is 0 Å². The standard InChI is InChI=1S/C14H19ClFNO2/c1-18-11-7-10(6-9-4-3-5-17-8-9)13(16)12(15)14(11)19-2/h7,9,17H,3-6,8H2,1-2H3. The molecule has 1 N–H and O–H groups in total. The van der Waals surface area contributed by atoms with Gasteiger partial charge in [0, 0.05) is 0 Å². The molecule has 3 nitrogen and oxygen atoms in total. The second kappa shape index (κ2) is 6.44. The number of nitrogens with one attached hydrogen (secondary N) is 1. The van der Waals surface area contributed by atoms with E-state index in [0.29, 0.717) is 23.7 Å². The number of benzene rings is 1. The molecule has 1 unspecified atom stereocenters. The molecule has 1 aliphatic heterocycles. The summed E-state index contributed by atoms with van der Waals surface area (Å²) < 4.78 is 24.5. The normalized spacial score (nSPS) is 19.3. The van der Waals surface area contributed by atoms with E-state index in [1.165, 1.54) is 14.2 Å². The van der Waals surface area contributed by atoms with Crippen molar-refractivity contribution in [3.05, 3.63) is 22.5 Å². The largest absolute Gasteiger partial charge is 0.493 e. The summed E-state index contributed by atoms with van der Waals surface area (Å²) in [5, 5.41) is 3.33. The first-order chi connectivity index (χ1) is 9.17. The van der Waals surface area contributed by atoms with E-state index in [4.69, 9.17) is 21.1 Å². The first-order valence-corrected chi connectivity index (χ1v) is 6.84. The highest BCUT2D eigenvalue weighted by molar-refractivity contribution is 6.32. The van der Waals surface area contributed by atoms with E-state index in [1.54, 1.807) is 6.07 Å². The summed E-state index contributed by atoms with van der Waals surface area (Å²) in [5.74, 6) is 0.780. The lowest BCUT2D eigenvalue weighted by Crippen LogP contribution is -2.31. The first kappa shape index (κ1) is 14.4. The summed E-state index contributed by atoms with van der Waals surface area (Å²) in [6.07, 6.45) is 2.91. The van der Waals surface area contributed by atoms with Crippen molar-refractivity contribution in [2.45, 2.75) is 19.3 Å². The highest BCUT2D eigenvalue weighted by Gasteiger charge is 2.21. The molecule has 1 aliphatic rings. The van der Waals surface area contributed by atoms with Crippen LogP contribution in [0.1, 0.15) is 18.4 Å². The lowest BCUT2D eigenvalue weighted by molar-refractivity contribution is 0.347. The number of hydrogen-bond acceptors (Lipinski definition) is 3. The van der Waals surface area contributed by atoms with E-state index >= 15 is 0 Å². The summed E-state index contributed by atoms with van der Waals surface area (Å²) in [4.78, 5) is 0. The fourth-order valence-electron chi connectivity index (χ4n) is 2.54. The van der Waals surface area contributed by atoms with E-state index in [-0.39, 0.29) is 10.8 Å². The fraction of sp³-hybridized carbons (Fsp3) is 0.571. The monoisotopic (exact) mass is 287 g/mol. The molecule has 5 heteroatoms. The quantitative estimate of drug-likeness (QED) is 0.923. The second-order valence-corrected chi connectivity index (χ2v) is 5.19. The molecule has 0 aliphatic carbocycles. The van der Waals surface area contributed by atoms with E-state index in [2.05, 4.69) is 5.32 Å². The van der Waals surface area contributed by atoms with Gasteiger partial charge in [-0.1, -0.05) is 11.6 Å². The van der Waals surface area contributed by atoms with Crippen LogP contribution in [0, 0.1) is 11.7 Å². The molecular weight excluding hydrogens is 269 g/mol. The fourth-order valence-corrected chi connectivity index (χ4v) is 2.83. The third-order valence-electron chi connectivity index (χ3n) is 3.53. The molecule has 1 heterocycles. The van der Waals surface area contributed by atoms with Gasteiger partial charge in [0.2, 0.25) is 0 Å². The second-order valence-electron chi connectivity index (χ2n) is 4.82. The molecule has 0 saturated carbocycles. The lowest BCUT2D eigenvalue weighted by atomic mass is 9.92. The molecule has 0 spiro atoms. The van der Waals surface area contributed by atoms with Crippen LogP contribution in [0.5, 0.6) is 11.5 Å². The predicted octanol–water partition coefficient (Wildman–Crippen LogP) is 3.04. The Kier molecular flexibility index (Phi) is 4.88. The molecule has 2 rings (SSSR count). The molecule has 0 aromatic heterocycles. The minimum atomic E-state index is -0.398. The van der Waals surface area contributed by atoms with Crippen LogP contribution in [0.25, 0.3) is 0 Å². The van der Waals surface area contributed by atoms with E-state index in [1.807, 2.05) is 0 Å². The molecule has 106 valence electrons. The maximum atomic E-state index is 14.2. The van der Waals surface area contributed by atoms with Crippen LogP contribution < -0.4 is 14.8 Å². The number of halogens is 2. The minimum absolute atomic E-state index is 0.000573. The van der Waals surface area contributed by atoms with Gasteiger partial charge in [-0.2, -0.15) is 0 Å². The Morgan fingerprint density at radius 2 is 2.21 bits per heavy atom. The minimum Gasteiger partial charge on any atom is -0.493 e. The van der Waals surface area contributed by atoms with Crippen molar-refractivity contribution < 1.29 is 13.9 Å². The zero-order chi connectivity index (χ0) is 13.8. The molecule has 0 bridgehead atoms.